The number of hydrogen-bond acceptors (Lipinski definition) is 3. The van der Waals surface area contributed by atoms with Crippen LogP contribution in [0.25, 0.3) is 0 Å². The van der Waals surface area contributed by atoms with Crippen LogP contribution in [0.5, 0.6) is 0 Å². The van der Waals surface area contributed by atoms with Crippen LogP contribution in [-0.4, -0.2) is 30.3 Å². The normalized spacial score (nSPS) is 23.1. The molecule has 1 fully saturated rings. The first-order valence-corrected chi connectivity index (χ1v) is 8.77. The largest absolute Gasteiger partial charge is 0.390 e. The van der Waals surface area contributed by atoms with Gasteiger partial charge in [0.05, 0.1) is 5.60 Å². The number of nitrogens with one attached hydrogen (secondary N) is 1. The van der Waals surface area contributed by atoms with Gasteiger partial charge in [-0.05, 0) is 62.9 Å². The number of benzene rings is 1. The van der Waals surface area contributed by atoms with E-state index in [0.717, 1.165) is 56.3 Å². The summed E-state index contributed by atoms with van der Waals surface area (Å²) in [6.45, 7) is 8.04. The van der Waals surface area contributed by atoms with Crippen molar-refractivity contribution in [2.24, 2.45) is 0 Å². The first-order chi connectivity index (χ1) is 10.0. The summed E-state index contributed by atoms with van der Waals surface area (Å²) in [4.78, 5) is 2.43. The highest BCUT2D eigenvalue weighted by Crippen LogP contribution is 2.29. The van der Waals surface area contributed by atoms with Gasteiger partial charge in [-0.1, -0.05) is 22.9 Å². The zero-order valence-corrected chi connectivity index (χ0v) is 14.7. The van der Waals surface area contributed by atoms with E-state index in [0.29, 0.717) is 0 Å². The number of halogens is 1. The van der Waals surface area contributed by atoms with Gasteiger partial charge >= 0.3 is 0 Å². The average Bonchev–Trinajstić information content (AvgIpc) is 2.60. The first-order valence-electron chi connectivity index (χ1n) is 7.98. The Morgan fingerprint density at radius 2 is 2.14 bits per heavy atom. The van der Waals surface area contributed by atoms with Crippen molar-refractivity contribution < 1.29 is 5.11 Å². The zero-order chi connectivity index (χ0) is 15.3. The van der Waals surface area contributed by atoms with Gasteiger partial charge in [0.25, 0.3) is 0 Å². The maximum absolute atomic E-state index is 10.3. The van der Waals surface area contributed by atoms with Gasteiger partial charge in [-0.3, -0.25) is 0 Å². The van der Waals surface area contributed by atoms with E-state index in [1.807, 2.05) is 6.92 Å². The van der Waals surface area contributed by atoms with E-state index in [2.05, 4.69) is 51.3 Å². The van der Waals surface area contributed by atoms with E-state index in [-0.39, 0.29) is 0 Å². The minimum Gasteiger partial charge on any atom is -0.390 e. The molecule has 0 radical (unpaired) electrons. The molecule has 2 N–H and O–H groups in total. The molecule has 1 aromatic carbocycles. The van der Waals surface area contributed by atoms with Crippen LogP contribution in [0.2, 0.25) is 0 Å². The molecule has 4 heteroatoms. The third-order valence-corrected chi connectivity index (χ3v) is 4.68. The third kappa shape index (κ3) is 4.97. The van der Waals surface area contributed by atoms with Crippen LogP contribution in [-0.2, 0) is 6.54 Å². The Morgan fingerprint density at radius 1 is 1.33 bits per heavy atom. The Morgan fingerprint density at radius 3 is 2.90 bits per heavy atom. The molecule has 1 unspecified atom stereocenters. The second-order valence-electron chi connectivity index (χ2n) is 6.29. The van der Waals surface area contributed by atoms with Gasteiger partial charge in [0, 0.05) is 29.8 Å². The van der Waals surface area contributed by atoms with Crippen LogP contribution >= 0.6 is 15.9 Å². The molecule has 0 bridgehead atoms. The summed E-state index contributed by atoms with van der Waals surface area (Å²) in [6.07, 6.45) is 3.93. The van der Waals surface area contributed by atoms with E-state index in [9.17, 15) is 5.11 Å². The topological polar surface area (TPSA) is 35.5 Å². The Balaban J connectivity index is 2.13. The minimum atomic E-state index is -0.509. The number of hydrogen-bond donors (Lipinski definition) is 2. The molecule has 0 aromatic heterocycles. The van der Waals surface area contributed by atoms with Crippen molar-refractivity contribution in [1.82, 2.24) is 5.32 Å². The van der Waals surface area contributed by atoms with Crippen molar-refractivity contribution in [1.29, 1.82) is 0 Å². The number of rotatable bonds is 5. The molecule has 0 aliphatic carbocycles. The predicted molar refractivity (Wildman–Crippen MR) is 92.8 cm³/mol. The van der Waals surface area contributed by atoms with Gasteiger partial charge in [-0.2, -0.15) is 0 Å². The van der Waals surface area contributed by atoms with Crippen molar-refractivity contribution >= 4 is 21.6 Å². The molecule has 1 saturated heterocycles. The van der Waals surface area contributed by atoms with Crippen molar-refractivity contribution in [3.63, 3.8) is 0 Å². The molecule has 0 saturated carbocycles. The van der Waals surface area contributed by atoms with E-state index in [1.54, 1.807) is 0 Å². The summed E-state index contributed by atoms with van der Waals surface area (Å²) in [5, 5.41) is 13.8. The van der Waals surface area contributed by atoms with Crippen molar-refractivity contribution in [3.8, 4) is 0 Å². The fourth-order valence-electron chi connectivity index (χ4n) is 2.91. The van der Waals surface area contributed by atoms with Crippen LogP contribution in [0.4, 0.5) is 5.69 Å². The molecule has 1 atom stereocenters. The van der Waals surface area contributed by atoms with Crippen LogP contribution in [0, 0.1) is 0 Å². The predicted octanol–water partition coefficient (Wildman–Crippen LogP) is 3.69. The second kappa shape index (κ2) is 7.61. The lowest BCUT2D eigenvalue weighted by molar-refractivity contribution is 0.0481. The summed E-state index contributed by atoms with van der Waals surface area (Å²) in [5.41, 5.74) is 2.13. The quantitative estimate of drug-likeness (QED) is 0.791. The Bertz CT molecular complexity index is 462. The lowest BCUT2D eigenvalue weighted by Crippen LogP contribution is -2.29. The zero-order valence-electron chi connectivity index (χ0n) is 13.2. The van der Waals surface area contributed by atoms with E-state index < -0.39 is 5.60 Å². The Hall–Kier alpha value is -0.580. The monoisotopic (exact) mass is 354 g/mol. The first kappa shape index (κ1) is 16.8. The van der Waals surface area contributed by atoms with Gasteiger partial charge in [0.1, 0.15) is 0 Å². The molecular weight excluding hydrogens is 328 g/mol. The number of nitrogens with zero attached hydrogens (tertiary/aromatic N) is 1. The maximum Gasteiger partial charge on any atom is 0.0637 e. The summed E-state index contributed by atoms with van der Waals surface area (Å²) in [5.74, 6) is 0. The molecule has 0 spiro atoms. The SMILES string of the molecule is CCCNCc1cc(Br)ccc1N1CCCC(C)(O)CC1. The average molecular weight is 355 g/mol. The number of anilines is 1. The molecule has 118 valence electrons. The molecule has 1 aromatic rings. The molecule has 0 amide bonds. The van der Waals surface area contributed by atoms with Gasteiger partial charge in [-0.25, -0.2) is 0 Å². The van der Waals surface area contributed by atoms with Crippen LogP contribution in [0.3, 0.4) is 0 Å². The highest BCUT2D eigenvalue weighted by atomic mass is 79.9. The summed E-state index contributed by atoms with van der Waals surface area (Å²) in [6, 6.07) is 6.52. The summed E-state index contributed by atoms with van der Waals surface area (Å²) in [7, 11) is 0. The highest BCUT2D eigenvalue weighted by molar-refractivity contribution is 9.10. The Kier molecular flexibility index (Phi) is 6.08. The second-order valence-corrected chi connectivity index (χ2v) is 7.20. The van der Waals surface area contributed by atoms with E-state index in [1.165, 1.54) is 11.3 Å². The molecule has 2 rings (SSSR count). The standard InChI is InChI=1S/C17H27BrN2O/c1-3-9-19-13-14-12-15(18)5-6-16(14)20-10-4-7-17(2,21)8-11-20/h5-6,12,19,21H,3-4,7-11,13H2,1-2H3. The van der Waals surface area contributed by atoms with Crippen LogP contribution in [0.15, 0.2) is 22.7 Å². The molecule has 21 heavy (non-hydrogen) atoms. The van der Waals surface area contributed by atoms with Gasteiger partial charge in [0.15, 0.2) is 0 Å². The molecule has 1 aliphatic heterocycles. The molecule has 1 heterocycles. The van der Waals surface area contributed by atoms with E-state index >= 15 is 0 Å². The number of aliphatic hydroxyl groups is 1. The van der Waals surface area contributed by atoms with Gasteiger partial charge in [0.2, 0.25) is 0 Å². The maximum atomic E-state index is 10.3. The molecule has 1 aliphatic rings. The minimum absolute atomic E-state index is 0.509. The van der Waals surface area contributed by atoms with Crippen LogP contribution in [0.1, 0.15) is 45.1 Å². The molecule has 3 nitrogen and oxygen atoms in total. The van der Waals surface area contributed by atoms with Crippen molar-refractivity contribution in [3.05, 3.63) is 28.2 Å². The van der Waals surface area contributed by atoms with Crippen molar-refractivity contribution in [2.45, 2.75) is 51.7 Å². The van der Waals surface area contributed by atoms with E-state index in [4.69, 9.17) is 0 Å². The Labute approximate surface area is 136 Å². The summed E-state index contributed by atoms with van der Waals surface area (Å²) < 4.78 is 1.13. The van der Waals surface area contributed by atoms with Gasteiger partial charge < -0.3 is 15.3 Å². The smallest absolute Gasteiger partial charge is 0.0637 e. The van der Waals surface area contributed by atoms with Crippen molar-refractivity contribution in [2.75, 3.05) is 24.5 Å². The summed E-state index contributed by atoms with van der Waals surface area (Å²) >= 11 is 3.58. The third-order valence-electron chi connectivity index (χ3n) is 4.19. The lowest BCUT2D eigenvalue weighted by atomic mass is 9.98. The highest BCUT2D eigenvalue weighted by Gasteiger charge is 2.25. The lowest BCUT2D eigenvalue weighted by Gasteiger charge is -2.27. The van der Waals surface area contributed by atoms with Gasteiger partial charge in [-0.15, -0.1) is 0 Å². The van der Waals surface area contributed by atoms with Crippen LogP contribution < -0.4 is 10.2 Å². The molecular formula is C17H27BrN2O. The fraction of sp³-hybridized carbons (Fsp3) is 0.647. The fourth-order valence-corrected chi connectivity index (χ4v) is 3.32.